The van der Waals surface area contributed by atoms with Crippen molar-refractivity contribution >= 4 is 23.1 Å². The summed E-state index contributed by atoms with van der Waals surface area (Å²) >= 11 is 5.75. The van der Waals surface area contributed by atoms with Gasteiger partial charge >= 0.3 is 0 Å². The Bertz CT molecular complexity index is 432. The van der Waals surface area contributed by atoms with Crippen molar-refractivity contribution in [1.29, 1.82) is 0 Å². The first-order valence-electron chi connectivity index (χ1n) is 5.38. The number of carbonyl (C=O) groups is 1. The van der Waals surface area contributed by atoms with E-state index in [9.17, 15) is 9.90 Å². The Morgan fingerprint density at radius 3 is 2.38 bits per heavy atom. The molecule has 84 valence electrons. The number of halogens is 1. The SMILES string of the molecule is O=C1CCCC/C1=C(\[O-])c1ccc(Cl)cc1. The average molecular weight is 236 g/mol. The Balaban J connectivity index is 2.35. The number of carbonyl (C=O) groups excluding carboxylic acids is 1. The van der Waals surface area contributed by atoms with Crippen LogP contribution in [-0.4, -0.2) is 5.78 Å². The van der Waals surface area contributed by atoms with Crippen LogP contribution in [0.25, 0.3) is 5.76 Å². The van der Waals surface area contributed by atoms with E-state index in [-0.39, 0.29) is 11.5 Å². The summed E-state index contributed by atoms with van der Waals surface area (Å²) in [4.78, 5) is 11.6. The number of hydrogen-bond donors (Lipinski definition) is 0. The molecule has 0 N–H and O–H groups in total. The number of benzene rings is 1. The molecule has 0 radical (unpaired) electrons. The minimum atomic E-state index is -0.138. The molecule has 0 aromatic heterocycles. The second kappa shape index (κ2) is 4.71. The van der Waals surface area contributed by atoms with Gasteiger partial charge in [0.1, 0.15) is 0 Å². The molecule has 0 amide bonds. The molecule has 0 atom stereocenters. The van der Waals surface area contributed by atoms with Gasteiger partial charge in [-0.2, -0.15) is 0 Å². The molecule has 1 saturated carbocycles. The van der Waals surface area contributed by atoms with E-state index in [0.29, 0.717) is 29.0 Å². The highest BCUT2D eigenvalue weighted by atomic mass is 35.5. The maximum Gasteiger partial charge on any atom is 0.158 e. The van der Waals surface area contributed by atoms with Crippen LogP contribution in [0, 0.1) is 0 Å². The van der Waals surface area contributed by atoms with Gasteiger partial charge in [-0.1, -0.05) is 29.5 Å². The van der Waals surface area contributed by atoms with Crippen molar-refractivity contribution in [3.8, 4) is 0 Å². The van der Waals surface area contributed by atoms with Crippen LogP contribution in [0.5, 0.6) is 0 Å². The van der Waals surface area contributed by atoms with Crippen molar-refractivity contribution in [3.63, 3.8) is 0 Å². The molecule has 0 spiro atoms. The molecule has 2 rings (SSSR count). The summed E-state index contributed by atoms with van der Waals surface area (Å²) in [7, 11) is 0. The highest BCUT2D eigenvalue weighted by molar-refractivity contribution is 6.30. The number of Topliss-reactive ketones (excluding diaryl/α,β-unsaturated/α-hetero) is 1. The van der Waals surface area contributed by atoms with Crippen molar-refractivity contribution in [3.05, 3.63) is 40.4 Å². The van der Waals surface area contributed by atoms with Crippen LogP contribution >= 0.6 is 11.6 Å². The van der Waals surface area contributed by atoms with Gasteiger partial charge in [-0.25, -0.2) is 0 Å². The van der Waals surface area contributed by atoms with Gasteiger partial charge in [-0.05, 0) is 42.5 Å². The maximum atomic E-state index is 12.0. The first kappa shape index (κ1) is 11.2. The molecule has 1 fully saturated rings. The Hall–Kier alpha value is -1.28. The average Bonchev–Trinajstić information content (AvgIpc) is 2.30. The third-order valence-corrected chi connectivity index (χ3v) is 3.05. The molecule has 0 heterocycles. The first-order valence-corrected chi connectivity index (χ1v) is 5.75. The minimum Gasteiger partial charge on any atom is -0.872 e. The van der Waals surface area contributed by atoms with Gasteiger partial charge < -0.3 is 5.11 Å². The largest absolute Gasteiger partial charge is 0.872 e. The van der Waals surface area contributed by atoms with Gasteiger partial charge in [0, 0.05) is 11.4 Å². The van der Waals surface area contributed by atoms with Crippen molar-refractivity contribution < 1.29 is 9.90 Å². The van der Waals surface area contributed by atoms with Crippen LogP contribution in [0.3, 0.4) is 0 Å². The highest BCUT2D eigenvalue weighted by Crippen LogP contribution is 2.25. The van der Waals surface area contributed by atoms with E-state index in [2.05, 4.69) is 0 Å². The lowest BCUT2D eigenvalue weighted by molar-refractivity contribution is -0.245. The number of hydrogen-bond acceptors (Lipinski definition) is 2. The second-order valence-electron chi connectivity index (χ2n) is 3.94. The summed E-state index contributed by atoms with van der Waals surface area (Å²) in [6.45, 7) is 0. The predicted molar refractivity (Wildman–Crippen MR) is 61.8 cm³/mol. The smallest absolute Gasteiger partial charge is 0.158 e. The van der Waals surface area contributed by atoms with Crippen LogP contribution in [0.2, 0.25) is 5.02 Å². The zero-order valence-electron chi connectivity index (χ0n) is 8.83. The second-order valence-corrected chi connectivity index (χ2v) is 4.38. The fraction of sp³-hybridized carbons (Fsp3) is 0.308. The van der Waals surface area contributed by atoms with Crippen molar-refractivity contribution in [2.75, 3.05) is 0 Å². The highest BCUT2D eigenvalue weighted by Gasteiger charge is 2.15. The zero-order chi connectivity index (χ0) is 11.5. The Morgan fingerprint density at radius 2 is 1.75 bits per heavy atom. The minimum absolute atomic E-state index is 0.00574. The van der Waals surface area contributed by atoms with E-state index < -0.39 is 0 Å². The van der Waals surface area contributed by atoms with E-state index >= 15 is 0 Å². The molecule has 1 aromatic carbocycles. The molecule has 1 aromatic rings. The zero-order valence-corrected chi connectivity index (χ0v) is 9.59. The van der Waals surface area contributed by atoms with Gasteiger partial charge in [-0.15, -0.1) is 0 Å². The molecule has 0 aliphatic heterocycles. The van der Waals surface area contributed by atoms with Gasteiger partial charge in [-0.3, -0.25) is 4.79 Å². The number of allylic oxidation sites excluding steroid dienone is 1. The summed E-state index contributed by atoms with van der Waals surface area (Å²) in [6, 6.07) is 6.67. The van der Waals surface area contributed by atoms with E-state index in [1.165, 1.54) is 0 Å². The number of rotatable bonds is 1. The van der Waals surface area contributed by atoms with Gasteiger partial charge in [0.2, 0.25) is 0 Å². The summed E-state index contributed by atoms with van der Waals surface area (Å²) in [6.07, 6.45) is 2.95. The van der Waals surface area contributed by atoms with Crippen molar-refractivity contribution in [2.45, 2.75) is 25.7 Å². The maximum absolute atomic E-state index is 12.0. The normalized spacial score (nSPS) is 19.7. The quantitative estimate of drug-likeness (QED) is 0.554. The van der Waals surface area contributed by atoms with Crippen molar-refractivity contribution in [1.82, 2.24) is 0 Å². The Labute approximate surface area is 99.5 Å². The standard InChI is InChI=1S/C13H13ClO2/c14-10-7-5-9(6-8-10)13(16)11-3-1-2-4-12(11)15/h5-8,16H,1-4H2/p-1/b13-11+. The fourth-order valence-corrected chi connectivity index (χ4v) is 2.02. The van der Waals surface area contributed by atoms with Crippen LogP contribution in [0.1, 0.15) is 31.2 Å². The molecule has 0 bridgehead atoms. The van der Waals surface area contributed by atoms with Crippen molar-refractivity contribution in [2.24, 2.45) is 0 Å². The Morgan fingerprint density at radius 1 is 1.12 bits per heavy atom. The molecule has 0 saturated heterocycles. The summed E-state index contributed by atoms with van der Waals surface area (Å²) < 4.78 is 0. The van der Waals surface area contributed by atoms with Gasteiger partial charge in [0.05, 0.1) is 0 Å². The molecule has 2 nitrogen and oxygen atoms in total. The molecular weight excluding hydrogens is 224 g/mol. The summed E-state index contributed by atoms with van der Waals surface area (Å²) in [5.74, 6) is -0.132. The molecule has 0 unspecified atom stereocenters. The topological polar surface area (TPSA) is 40.1 Å². The third kappa shape index (κ3) is 2.27. The van der Waals surface area contributed by atoms with Gasteiger partial charge in [0.25, 0.3) is 0 Å². The van der Waals surface area contributed by atoms with E-state index in [4.69, 9.17) is 11.6 Å². The van der Waals surface area contributed by atoms with Crippen LogP contribution in [-0.2, 0) is 4.79 Å². The summed E-state index contributed by atoms with van der Waals surface area (Å²) in [5, 5.41) is 12.6. The molecule has 3 heteroatoms. The lowest BCUT2D eigenvalue weighted by Crippen LogP contribution is -2.16. The van der Waals surface area contributed by atoms with E-state index in [1.807, 2.05) is 0 Å². The third-order valence-electron chi connectivity index (χ3n) is 2.80. The van der Waals surface area contributed by atoms with Crippen LogP contribution < -0.4 is 5.11 Å². The van der Waals surface area contributed by atoms with E-state index in [1.54, 1.807) is 24.3 Å². The van der Waals surface area contributed by atoms with Gasteiger partial charge in [0.15, 0.2) is 5.78 Å². The Kier molecular flexibility index (Phi) is 3.30. The molecular formula is C13H12ClO2-. The lowest BCUT2D eigenvalue weighted by atomic mass is 9.91. The number of ketones is 1. The summed E-state index contributed by atoms with van der Waals surface area (Å²) in [5.41, 5.74) is 1.00. The molecule has 1 aliphatic carbocycles. The fourth-order valence-electron chi connectivity index (χ4n) is 1.89. The molecule has 16 heavy (non-hydrogen) atoms. The monoisotopic (exact) mass is 235 g/mol. The van der Waals surface area contributed by atoms with Crippen LogP contribution in [0.15, 0.2) is 29.8 Å². The lowest BCUT2D eigenvalue weighted by Gasteiger charge is -2.22. The predicted octanol–water partition coefficient (Wildman–Crippen LogP) is 2.55. The van der Waals surface area contributed by atoms with Crippen LogP contribution in [0.4, 0.5) is 0 Å². The molecule has 1 aliphatic rings. The first-order chi connectivity index (χ1) is 7.68. The van der Waals surface area contributed by atoms with E-state index in [0.717, 1.165) is 12.8 Å².